The van der Waals surface area contributed by atoms with E-state index in [4.69, 9.17) is 0 Å². The molecule has 0 unspecified atom stereocenters. The number of hydrogen-bond donors (Lipinski definition) is 1. The van der Waals surface area contributed by atoms with Crippen molar-refractivity contribution in [3.8, 4) is 11.4 Å². The molecule has 8 heteroatoms. The molecule has 0 atom stereocenters. The lowest BCUT2D eigenvalue weighted by atomic mass is 10.1. The fourth-order valence-electron chi connectivity index (χ4n) is 3.57. The Morgan fingerprint density at radius 2 is 1.47 bits per heavy atom. The molecule has 1 aliphatic heterocycles. The molecule has 0 spiro atoms. The summed E-state index contributed by atoms with van der Waals surface area (Å²) in [7, 11) is 0. The third kappa shape index (κ3) is 3.82. The number of halogens is 1. The van der Waals surface area contributed by atoms with E-state index in [9.17, 15) is 14.7 Å². The Kier molecular flexibility index (Phi) is 5.59. The van der Waals surface area contributed by atoms with Crippen molar-refractivity contribution in [2.24, 2.45) is 0 Å². The smallest absolute Gasteiger partial charge is 0.257 e. The molecule has 2 amide bonds. The van der Waals surface area contributed by atoms with Gasteiger partial charge in [0.25, 0.3) is 11.8 Å². The standard InChI is InChI=1S/C22H21BrN4O3/c1-15-19(14-24-27(15)17-8-6-16(23)7-9-17)22(30)26-12-10-25(11-13-26)21(29)18-4-2-3-5-20(18)28/h2-9,14,28H,10-13H2,1H3. The first-order chi connectivity index (χ1) is 14.5. The first kappa shape index (κ1) is 20.2. The second-order valence-corrected chi connectivity index (χ2v) is 8.05. The van der Waals surface area contributed by atoms with Gasteiger partial charge in [-0.2, -0.15) is 5.10 Å². The minimum absolute atomic E-state index is 0.0306. The van der Waals surface area contributed by atoms with Crippen LogP contribution in [-0.2, 0) is 0 Å². The highest BCUT2D eigenvalue weighted by Gasteiger charge is 2.28. The van der Waals surface area contributed by atoms with Gasteiger partial charge < -0.3 is 14.9 Å². The van der Waals surface area contributed by atoms with E-state index in [0.717, 1.165) is 15.9 Å². The lowest BCUT2D eigenvalue weighted by molar-refractivity contribution is 0.0533. The molecule has 2 heterocycles. The minimum atomic E-state index is -0.223. The Labute approximate surface area is 182 Å². The number of hydrogen-bond acceptors (Lipinski definition) is 4. The topological polar surface area (TPSA) is 78.7 Å². The summed E-state index contributed by atoms with van der Waals surface area (Å²) in [6, 6.07) is 14.2. The van der Waals surface area contributed by atoms with Crippen molar-refractivity contribution in [3.63, 3.8) is 0 Å². The Morgan fingerprint density at radius 3 is 2.07 bits per heavy atom. The summed E-state index contributed by atoms with van der Waals surface area (Å²) in [5.74, 6) is -0.345. The predicted molar refractivity (Wildman–Crippen MR) is 116 cm³/mol. The number of phenols is 1. The molecule has 0 saturated carbocycles. The lowest BCUT2D eigenvalue weighted by Gasteiger charge is -2.34. The van der Waals surface area contributed by atoms with Gasteiger partial charge in [-0.05, 0) is 43.3 Å². The van der Waals surface area contributed by atoms with Gasteiger partial charge in [0, 0.05) is 30.7 Å². The molecular weight excluding hydrogens is 448 g/mol. The van der Waals surface area contributed by atoms with Gasteiger partial charge in [0.15, 0.2) is 0 Å². The number of rotatable bonds is 3. The van der Waals surface area contributed by atoms with Crippen LogP contribution in [0.5, 0.6) is 5.75 Å². The third-order valence-electron chi connectivity index (χ3n) is 5.30. The van der Waals surface area contributed by atoms with Gasteiger partial charge in [-0.15, -0.1) is 0 Å². The number of carbonyl (C=O) groups is 2. The number of nitrogens with zero attached hydrogens (tertiary/aromatic N) is 4. The first-order valence-corrected chi connectivity index (χ1v) is 10.4. The summed E-state index contributed by atoms with van der Waals surface area (Å²) < 4.78 is 2.72. The van der Waals surface area contributed by atoms with Crippen molar-refractivity contribution < 1.29 is 14.7 Å². The largest absolute Gasteiger partial charge is 0.507 e. The molecule has 0 bridgehead atoms. The number of carbonyl (C=O) groups excluding carboxylic acids is 2. The Balaban J connectivity index is 1.44. The first-order valence-electron chi connectivity index (χ1n) is 9.63. The maximum Gasteiger partial charge on any atom is 0.257 e. The molecule has 3 aromatic rings. The van der Waals surface area contributed by atoms with E-state index >= 15 is 0 Å². The van der Waals surface area contributed by atoms with Gasteiger partial charge in [-0.1, -0.05) is 28.1 Å². The molecule has 1 N–H and O–H groups in total. The lowest BCUT2D eigenvalue weighted by Crippen LogP contribution is -2.50. The quantitative estimate of drug-likeness (QED) is 0.639. The zero-order chi connectivity index (χ0) is 21.3. The molecule has 154 valence electrons. The average Bonchev–Trinajstić information content (AvgIpc) is 3.15. The van der Waals surface area contributed by atoms with Crippen LogP contribution in [0.25, 0.3) is 5.69 Å². The van der Waals surface area contributed by atoms with E-state index in [0.29, 0.717) is 31.7 Å². The molecule has 1 fully saturated rings. The fourth-order valence-corrected chi connectivity index (χ4v) is 3.83. The molecule has 1 aliphatic rings. The summed E-state index contributed by atoms with van der Waals surface area (Å²) in [5.41, 5.74) is 2.49. The van der Waals surface area contributed by atoms with E-state index in [-0.39, 0.29) is 23.1 Å². The zero-order valence-corrected chi connectivity index (χ0v) is 18.0. The molecule has 0 radical (unpaired) electrons. The van der Waals surface area contributed by atoms with Gasteiger partial charge in [0.2, 0.25) is 0 Å². The van der Waals surface area contributed by atoms with Crippen LogP contribution in [0.2, 0.25) is 0 Å². The van der Waals surface area contributed by atoms with Crippen molar-refractivity contribution in [2.75, 3.05) is 26.2 Å². The molecule has 1 saturated heterocycles. The number of amides is 2. The molecule has 30 heavy (non-hydrogen) atoms. The molecule has 7 nitrogen and oxygen atoms in total. The van der Waals surface area contributed by atoms with Crippen molar-refractivity contribution in [1.29, 1.82) is 0 Å². The van der Waals surface area contributed by atoms with Crippen LogP contribution in [-0.4, -0.2) is 62.7 Å². The van der Waals surface area contributed by atoms with E-state index in [1.807, 2.05) is 31.2 Å². The highest BCUT2D eigenvalue weighted by Crippen LogP contribution is 2.21. The Bertz CT molecular complexity index is 1090. The van der Waals surface area contributed by atoms with E-state index < -0.39 is 0 Å². The van der Waals surface area contributed by atoms with Crippen LogP contribution in [0.15, 0.2) is 59.2 Å². The maximum atomic E-state index is 13.0. The number of aromatic hydroxyl groups is 1. The molecular formula is C22H21BrN4O3. The summed E-state index contributed by atoms with van der Waals surface area (Å²) >= 11 is 3.42. The van der Waals surface area contributed by atoms with Crippen LogP contribution in [0, 0.1) is 6.92 Å². The van der Waals surface area contributed by atoms with Crippen molar-refractivity contribution in [3.05, 3.63) is 76.0 Å². The maximum absolute atomic E-state index is 13.0. The minimum Gasteiger partial charge on any atom is -0.507 e. The number of phenolic OH excluding ortho intramolecular Hbond substituents is 1. The van der Waals surface area contributed by atoms with Crippen LogP contribution in [0.3, 0.4) is 0 Å². The predicted octanol–water partition coefficient (Wildman–Crippen LogP) is 3.25. The van der Waals surface area contributed by atoms with Crippen LogP contribution in [0.4, 0.5) is 0 Å². The number of para-hydroxylation sites is 1. The monoisotopic (exact) mass is 468 g/mol. The van der Waals surface area contributed by atoms with E-state index in [2.05, 4.69) is 21.0 Å². The van der Waals surface area contributed by atoms with Crippen molar-refractivity contribution >= 4 is 27.7 Å². The number of benzene rings is 2. The van der Waals surface area contributed by atoms with Crippen LogP contribution in [0.1, 0.15) is 26.4 Å². The molecule has 2 aromatic carbocycles. The molecule has 4 rings (SSSR count). The molecule has 1 aromatic heterocycles. The second-order valence-electron chi connectivity index (χ2n) is 7.13. The highest BCUT2D eigenvalue weighted by atomic mass is 79.9. The SMILES string of the molecule is Cc1c(C(=O)N2CCN(C(=O)c3ccccc3O)CC2)cnn1-c1ccc(Br)cc1. The molecule has 0 aliphatic carbocycles. The third-order valence-corrected chi connectivity index (χ3v) is 5.83. The van der Waals surface area contributed by atoms with Crippen molar-refractivity contribution in [1.82, 2.24) is 19.6 Å². The van der Waals surface area contributed by atoms with E-state index in [1.165, 1.54) is 6.07 Å². The van der Waals surface area contributed by atoms with Crippen LogP contribution >= 0.6 is 15.9 Å². The summed E-state index contributed by atoms with van der Waals surface area (Å²) in [6.45, 7) is 3.57. The number of aromatic nitrogens is 2. The van der Waals surface area contributed by atoms with E-state index in [1.54, 1.807) is 38.9 Å². The second kappa shape index (κ2) is 8.31. The Hall–Kier alpha value is -3.13. The van der Waals surface area contributed by atoms with Gasteiger partial charge in [-0.25, -0.2) is 4.68 Å². The van der Waals surface area contributed by atoms with Gasteiger partial charge >= 0.3 is 0 Å². The summed E-state index contributed by atoms with van der Waals surface area (Å²) in [6.07, 6.45) is 1.60. The number of piperazine rings is 1. The van der Waals surface area contributed by atoms with Gasteiger partial charge in [-0.3, -0.25) is 9.59 Å². The highest BCUT2D eigenvalue weighted by molar-refractivity contribution is 9.10. The van der Waals surface area contributed by atoms with Crippen molar-refractivity contribution in [2.45, 2.75) is 6.92 Å². The van der Waals surface area contributed by atoms with Crippen LogP contribution < -0.4 is 0 Å². The fraction of sp³-hybridized carbons (Fsp3) is 0.227. The van der Waals surface area contributed by atoms with Gasteiger partial charge in [0.1, 0.15) is 5.75 Å². The summed E-state index contributed by atoms with van der Waals surface area (Å²) in [5, 5.41) is 14.3. The zero-order valence-electron chi connectivity index (χ0n) is 16.5. The summed E-state index contributed by atoms with van der Waals surface area (Å²) in [4.78, 5) is 29.1. The normalized spacial score (nSPS) is 14.1. The average molecular weight is 469 g/mol. The Morgan fingerprint density at radius 1 is 0.900 bits per heavy atom. The van der Waals surface area contributed by atoms with Gasteiger partial charge in [0.05, 0.1) is 28.7 Å².